The van der Waals surface area contributed by atoms with E-state index >= 15 is 0 Å². The molecule has 0 bridgehead atoms. The number of benzene rings is 1. The van der Waals surface area contributed by atoms with Crippen LogP contribution < -0.4 is 5.32 Å². The number of carbonyl (C=O) groups is 1. The third kappa shape index (κ3) is 4.57. The third-order valence-corrected chi connectivity index (χ3v) is 4.92. The Bertz CT molecular complexity index is 640. The van der Waals surface area contributed by atoms with Crippen molar-refractivity contribution in [3.63, 3.8) is 0 Å². The number of hydrogen-bond acceptors (Lipinski definition) is 5. The van der Waals surface area contributed by atoms with Gasteiger partial charge < -0.3 is 19.7 Å². The number of carbonyl (C=O) groups excluding carboxylic acids is 1. The molecular formula is C19H25N3O3. The molecule has 2 aliphatic heterocycles. The minimum absolute atomic E-state index is 0.0795. The van der Waals surface area contributed by atoms with Crippen molar-refractivity contribution < 1.29 is 14.3 Å². The lowest BCUT2D eigenvalue weighted by molar-refractivity contribution is -0.133. The average molecular weight is 343 g/mol. The predicted molar refractivity (Wildman–Crippen MR) is 92.8 cm³/mol. The summed E-state index contributed by atoms with van der Waals surface area (Å²) in [6, 6.07) is 9.71. The molecule has 6 nitrogen and oxygen atoms in total. The first-order valence-electron chi connectivity index (χ1n) is 8.81. The van der Waals surface area contributed by atoms with Crippen LogP contribution in [0.1, 0.15) is 30.9 Å². The highest BCUT2D eigenvalue weighted by Crippen LogP contribution is 2.32. The van der Waals surface area contributed by atoms with E-state index in [2.05, 4.69) is 11.4 Å². The van der Waals surface area contributed by atoms with Crippen LogP contribution in [-0.4, -0.2) is 55.4 Å². The largest absolute Gasteiger partial charge is 0.377 e. The van der Waals surface area contributed by atoms with Crippen LogP contribution in [0, 0.1) is 11.3 Å². The minimum atomic E-state index is -0.358. The number of amides is 1. The molecule has 0 aromatic heterocycles. The maximum absolute atomic E-state index is 11.7. The van der Waals surface area contributed by atoms with Crippen molar-refractivity contribution in [2.75, 3.05) is 32.8 Å². The Balaban J connectivity index is 1.48. The van der Waals surface area contributed by atoms with Gasteiger partial charge in [-0.3, -0.25) is 4.79 Å². The van der Waals surface area contributed by atoms with Crippen LogP contribution in [0.5, 0.6) is 0 Å². The second kappa shape index (κ2) is 7.96. The molecule has 25 heavy (non-hydrogen) atoms. The topological polar surface area (TPSA) is 74.6 Å². The molecule has 1 N–H and O–H groups in total. The maximum Gasteiger partial charge on any atom is 0.219 e. The number of nitrogens with one attached hydrogen (secondary N) is 1. The van der Waals surface area contributed by atoms with Crippen molar-refractivity contribution >= 4 is 5.91 Å². The van der Waals surface area contributed by atoms with Gasteiger partial charge in [-0.05, 0) is 30.5 Å². The molecule has 2 atom stereocenters. The molecule has 0 saturated carbocycles. The van der Waals surface area contributed by atoms with E-state index in [0.717, 1.165) is 31.5 Å². The Hall–Kier alpha value is -1.94. The fourth-order valence-corrected chi connectivity index (χ4v) is 3.51. The zero-order valence-corrected chi connectivity index (χ0v) is 14.7. The molecule has 2 heterocycles. The van der Waals surface area contributed by atoms with Gasteiger partial charge in [0.25, 0.3) is 0 Å². The van der Waals surface area contributed by atoms with Gasteiger partial charge >= 0.3 is 0 Å². The van der Waals surface area contributed by atoms with Gasteiger partial charge in [0.05, 0.1) is 37.5 Å². The molecule has 1 aromatic rings. The summed E-state index contributed by atoms with van der Waals surface area (Å²) in [5.41, 5.74) is 1.46. The quantitative estimate of drug-likeness (QED) is 0.895. The fraction of sp³-hybridized carbons (Fsp3) is 0.579. The highest BCUT2D eigenvalue weighted by molar-refractivity contribution is 5.73. The van der Waals surface area contributed by atoms with Crippen molar-refractivity contribution in [2.24, 2.45) is 0 Å². The standard InChI is InChI=1S/C19H25N3O3/c1-15(23)22-8-9-24-14-19(13-22)7-6-18(25-19)12-21-11-17-4-2-16(10-20)3-5-17/h2-5,18,21H,6-9,11-14H2,1H3/t18-,19+/m0/s1. The predicted octanol–water partition coefficient (Wildman–Crippen LogP) is 1.44. The first-order chi connectivity index (χ1) is 12.1. The summed E-state index contributed by atoms with van der Waals surface area (Å²) in [4.78, 5) is 13.6. The van der Waals surface area contributed by atoms with Crippen LogP contribution in [0.15, 0.2) is 24.3 Å². The van der Waals surface area contributed by atoms with Gasteiger partial charge in [0, 0.05) is 26.6 Å². The highest BCUT2D eigenvalue weighted by Gasteiger charge is 2.43. The van der Waals surface area contributed by atoms with Gasteiger partial charge in [0.1, 0.15) is 5.60 Å². The van der Waals surface area contributed by atoms with Crippen LogP contribution in [0.2, 0.25) is 0 Å². The van der Waals surface area contributed by atoms with Crippen molar-refractivity contribution in [1.82, 2.24) is 10.2 Å². The van der Waals surface area contributed by atoms with E-state index in [9.17, 15) is 4.79 Å². The van der Waals surface area contributed by atoms with Crippen LogP contribution in [0.25, 0.3) is 0 Å². The molecule has 2 aliphatic rings. The summed E-state index contributed by atoms with van der Waals surface area (Å²) < 4.78 is 12.0. The smallest absolute Gasteiger partial charge is 0.219 e. The van der Waals surface area contributed by atoms with Crippen LogP contribution in [0.3, 0.4) is 0 Å². The first kappa shape index (κ1) is 17.9. The molecule has 3 rings (SSSR count). The molecule has 1 amide bonds. The molecule has 2 saturated heterocycles. The van der Waals surface area contributed by atoms with Crippen molar-refractivity contribution in [3.05, 3.63) is 35.4 Å². The lowest BCUT2D eigenvalue weighted by Crippen LogP contribution is -2.46. The monoisotopic (exact) mass is 343 g/mol. The Labute approximate surface area is 148 Å². The van der Waals surface area contributed by atoms with Crippen LogP contribution >= 0.6 is 0 Å². The van der Waals surface area contributed by atoms with E-state index in [-0.39, 0.29) is 17.6 Å². The Morgan fingerprint density at radius 2 is 2.24 bits per heavy atom. The second-order valence-corrected chi connectivity index (χ2v) is 6.89. The molecule has 134 valence electrons. The van der Waals surface area contributed by atoms with E-state index in [0.29, 0.717) is 31.9 Å². The van der Waals surface area contributed by atoms with Gasteiger partial charge in [-0.1, -0.05) is 12.1 Å². The zero-order chi connectivity index (χ0) is 17.7. The number of rotatable bonds is 4. The molecule has 2 fully saturated rings. The lowest BCUT2D eigenvalue weighted by Gasteiger charge is -2.31. The van der Waals surface area contributed by atoms with Gasteiger partial charge in [0.15, 0.2) is 0 Å². The van der Waals surface area contributed by atoms with E-state index in [1.54, 1.807) is 6.92 Å². The summed E-state index contributed by atoms with van der Waals surface area (Å²) in [7, 11) is 0. The number of hydrogen-bond donors (Lipinski definition) is 1. The van der Waals surface area contributed by atoms with E-state index < -0.39 is 0 Å². The summed E-state index contributed by atoms with van der Waals surface area (Å²) in [5, 5.41) is 12.2. The maximum atomic E-state index is 11.7. The number of ether oxygens (including phenoxy) is 2. The third-order valence-electron chi connectivity index (χ3n) is 4.92. The summed E-state index contributed by atoms with van der Waals surface area (Å²) in [6.45, 7) is 5.51. The minimum Gasteiger partial charge on any atom is -0.377 e. The van der Waals surface area contributed by atoms with Gasteiger partial charge in [-0.2, -0.15) is 5.26 Å². The molecule has 0 aliphatic carbocycles. The molecule has 1 spiro atoms. The molecule has 0 unspecified atom stereocenters. The van der Waals surface area contributed by atoms with Crippen molar-refractivity contribution in [2.45, 2.75) is 38.0 Å². The van der Waals surface area contributed by atoms with Crippen LogP contribution in [0.4, 0.5) is 0 Å². The van der Waals surface area contributed by atoms with Crippen molar-refractivity contribution in [1.29, 1.82) is 5.26 Å². The molecule has 1 aromatic carbocycles. The Morgan fingerprint density at radius 3 is 2.96 bits per heavy atom. The Kier molecular flexibility index (Phi) is 5.69. The van der Waals surface area contributed by atoms with E-state index in [4.69, 9.17) is 14.7 Å². The highest BCUT2D eigenvalue weighted by atomic mass is 16.6. The zero-order valence-electron chi connectivity index (χ0n) is 14.7. The lowest BCUT2D eigenvalue weighted by atomic mass is 10.00. The summed E-state index contributed by atoms with van der Waals surface area (Å²) in [6.07, 6.45) is 2.02. The Morgan fingerprint density at radius 1 is 1.44 bits per heavy atom. The second-order valence-electron chi connectivity index (χ2n) is 6.89. The molecular weight excluding hydrogens is 318 g/mol. The fourth-order valence-electron chi connectivity index (χ4n) is 3.51. The van der Waals surface area contributed by atoms with Gasteiger partial charge in [0.2, 0.25) is 5.91 Å². The van der Waals surface area contributed by atoms with Crippen LogP contribution in [-0.2, 0) is 20.8 Å². The van der Waals surface area contributed by atoms with E-state index in [1.807, 2.05) is 29.2 Å². The van der Waals surface area contributed by atoms with Gasteiger partial charge in [-0.15, -0.1) is 0 Å². The normalized spacial score (nSPS) is 26.4. The summed E-state index contributed by atoms with van der Waals surface area (Å²) >= 11 is 0. The number of nitriles is 1. The average Bonchev–Trinajstić information content (AvgIpc) is 2.88. The SMILES string of the molecule is CC(=O)N1CCOC[C@@]2(CC[C@@H](CNCc3ccc(C#N)cc3)O2)C1. The molecule has 0 radical (unpaired) electrons. The summed E-state index contributed by atoms with van der Waals surface area (Å²) in [5.74, 6) is 0.0795. The van der Waals surface area contributed by atoms with E-state index in [1.165, 1.54) is 0 Å². The van der Waals surface area contributed by atoms with Gasteiger partial charge in [-0.25, -0.2) is 0 Å². The molecule has 6 heteroatoms. The van der Waals surface area contributed by atoms with Crippen molar-refractivity contribution in [3.8, 4) is 6.07 Å². The number of nitrogens with zero attached hydrogens (tertiary/aromatic N) is 2. The first-order valence-corrected chi connectivity index (χ1v) is 8.81.